The number of halogens is 1. The van der Waals surface area contributed by atoms with Gasteiger partial charge in [0.25, 0.3) is 0 Å². The molecular weight excluding hydrogens is 313 g/mol. The molecule has 5 rings (SSSR count). The lowest BCUT2D eigenvalue weighted by atomic mass is 9.98. The van der Waals surface area contributed by atoms with E-state index < -0.39 is 0 Å². The number of aromatic nitrogens is 2. The molecule has 4 heteroatoms. The Hall–Kier alpha value is -2.75. The number of nitrogens with zero attached hydrogens (tertiary/aromatic N) is 3. The lowest BCUT2D eigenvalue weighted by molar-refractivity contribution is 0.627. The van der Waals surface area contributed by atoms with Gasteiger partial charge in [-0.25, -0.2) is 9.37 Å². The Morgan fingerprint density at radius 3 is 2.92 bits per heavy atom. The van der Waals surface area contributed by atoms with Crippen molar-refractivity contribution in [3.63, 3.8) is 0 Å². The monoisotopic (exact) mass is 331 g/mol. The van der Waals surface area contributed by atoms with Crippen molar-refractivity contribution in [2.75, 3.05) is 0 Å². The number of hydrogen-bond acceptors (Lipinski definition) is 2. The molecule has 0 amide bonds. The highest BCUT2D eigenvalue weighted by Crippen LogP contribution is 2.38. The molecule has 2 aliphatic rings. The Bertz CT molecular complexity index is 1030. The number of fused-ring (bicyclic) bond motifs is 2. The molecular formula is C21H18FN3. The molecule has 124 valence electrons. The van der Waals surface area contributed by atoms with E-state index in [0.717, 1.165) is 59.8 Å². The van der Waals surface area contributed by atoms with E-state index in [4.69, 9.17) is 4.98 Å². The summed E-state index contributed by atoms with van der Waals surface area (Å²) in [4.78, 5) is 9.29. The van der Waals surface area contributed by atoms with Gasteiger partial charge in [0.2, 0.25) is 0 Å². The molecule has 0 saturated carbocycles. The van der Waals surface area contributed by atoms with E-state index in [-0.39, 0.29) is 5.82 Å². The fraction of sp³-hybridized carbons (Fsp3) is 0.238. The summed E-state index contributed by atoms with van der Waals surface area (Å²) in [5.74, 6) is 0.922. The summed E-state index contributed by atoms with van der Waals surface area (Å²) < 4.78 is 15.9. The number of benzene rings is 2. The Morgan fingerprint density at radius 2 is 2.04 bits per heavy atom. The molecule has 3 nitrogen and oxygen atoms in total. The van der Waals surface area contributed by atoms with E-state index in [1.165, 1.54) is 17.2 Å². The van der Waals surface area contributed by atoms with E-state index in [9.17, 15) is 4.39 Å². The van der Waals surface area contributed by atoms with Gasteiger partial charge in [-0.15, -0.1) is 0 Å². The normalized spacial score (nSPS) is 14.8. The summed E-state index contributed by atoms with van der Waals surface area (Å²) in [6, 6.07) is 11.5. The minimum Gasteiger partial charge on any atom is -0.327 e. The molecule has 0 N–H and O–H groups in total. The Labute approximate surface area is 145 Å². The molecule has 0 spiro atoms. The molecule has 0 unspecified atom stereocenters. The molecule has 0 atom stereocenters. The molecule has 1 aromatic heterocycles. The number of rotatable bonds is 2. The van der Waals surface area contributed by atoms with Crippen molar-refractivity contribution >= 4 is 6.21 Å². The van der Waals surface area contributed by atoms with Gasteiger partial charge >= 0.3 is 0 Å². The van der Waals surface area contributed by atoms with Crippen LogP contribution in [-0.4, -0.2) is 15.8 Å². The minimum atomic E-state index is -0.205. The van der Waals surface area contributed by atoms with Crippen molar-refractivity contribution in [3.8, 4) is 22.5 Å². The number of hydrogen-bond donors (Lipinski definition) is 0. The SMILES string of the molecule is Cc1cc(F)ccc1-c1nc2n(c1-c1ccc3c(c1)C=NC3)CCC2. The molecule has 2 aromatic carbocycles. The minimum absolute atomic E-state index is 0.205. The predicted octanol–water partition coefficient (Wildman–Crippen LogP) is 4.54. The average Bonchev–Trinajstić information content (AvgIpc) is 3.29. The van der Waals surface area contributed by atoms with Crippen LogP contribution in [0.4, 0.5) is 4.39 Å². The fourth-order valence-electron chi connectivity index (χ4n) is 3.95. The van der Waals surface area contributed by atoms with Gasteiger partial charge in [-0.2, -0.15) is 0 Å². The van der Waals surface area contributed by atoms with Crippen molar-refractivity contribution < 1.29 is 4.39 Å². The summed E-state index contributed by atoms with van der Waals surface area (Å²) in [6.45, 7) is 3.70. The number of aliphatic imine (C=N–C) groups is 1. The Balaban J connectivity index is 1.75. The van der Waals surface area contributed by atoms with Crippen molar-refractivity contribution in [3.05, 3.63) is 64.7 Å². The first kappa shape index (κ1) is 14.6. The van der Waals surface area contributed by atoms with Gasteiger partial charge in [0.15, 0.2) is 0 Å². The molecule has 0 saturated heterocycles. The first-order chi connectivity index (χ1) is 12.2. The third kappa shape index (κ3) is 2.24. The van der Waals surface area contributed by atoms with Crippen LogP contribution in [0.2, 0.25) is 0 Å². The van der Waals surface area contributed by atoms with Crippen LogP contribution >= 0.6 is 0 Å². The summed E-state index contributed by atoms with van der Waals surface area (Å²) in [6.07, 6.45) is 4.08. The third-order valence-corrected chi connectivity index (χ3v) is 5.18. The summed E-state index contributed by atoms with van der Waals surface area (Å²) >= 11 is 0. The smallest absolute Gasteiger partial charge is 0.123 e. The average molecular weight is 331 g/mol. The topological polar surface area (TPSA) is 30.2 Å². The summed E-state index contributed by atoms with van der Waals surface area (Å²) in [5, 5.41) is 0. The first-order valence-electron chi connectivity index (χ1n) is 8.70. The molecule has 0 aliphatic carbocycles. The van der Waals surface area contributed by atoms with Crippen LogP contribution in [0.1, 0.15) is 28.9 Å². The van der Waals surface area contributed by atoms with E-state index in [2.05, 4.69) is 27.8 Å². The summed E-state index contributed by atoms with van der Waals surface area (Å²) in [5.41, 5.74) is 7.64. The maximum atomic E-state index is 13.6. The van der Waals surface area contributed by atoms with Gasteiger partial charge in [-0.3, -0.25) is 4.99 Å². The predicted molar refractivity (Wildman–Crippen MR) is 97.4 cm³/mol. The van der Waals surface area contributed by atoms with Gasteiger partial charge < -0.3 is 4.57 Å². The van der Waals surface area contributed by atoms with Gasteiger partial charge in [-0.05, 0) is 54.3 Å². The zero-order valence-corrected chi connectivity index (χ0v) is 14.1. The molecule has 0 fully saturated rings. The first-order valence-corrected chi connectivity index (χ1v) is 8.70. The zero-order chi connectivity index (χ0) is 17.0. The van der Waals surface area contributed by atoms with Crippen LogP contribution in [0.3, 0.4) is 0 Å². The largest absolute Gasteiger partial charge is 0.327 e. The highest BCUT2D eigenvalue weighted by Gasteiger charge is 2.24. The zero-order valence-electron chi connectivity index (χ0n) is 14.1. The van der Waals surface area contributed by atoms with Crippen molar-refractivity contribution in [1.82, 2.24) is 9.55 Å². The second kappa shape index (κ2) is 5.38. The molecule has 0 bridgehead atoms. The fourth-order valence-corrected chi connectivity index (χ4v) is 3.95. The molecule has 3 heterocycles. The van der Waals surface area contributed by atoms with E-state index in [0.29, 0.717) is 0 Å². The van der Waals surface area contributed by atoms with Gasteiger partial charge in [0.1, 0.15) is 11.6 Å². The van der Waals surface area contributed by atoms with E-state index in [1.54, 1.807) is 6.07 Å². The van der Waals surface area contributed by atoms with Crippen LogP contribution < -0.4 is 0 Å². The quantitative estimate of drug-likeness (QED) is 0.678. The molecule has 25 heavy (non-hydrogen) atoms. The summed E-state index contributed by atoms with van der Waals surface area (Å²) in [7, 11) is 0. The molecule has 0 radical (unpaired) electrons. The van der Waals surface area contributed by atoms with Crippen LogP contribution in [0.25, 0.3) is 22.5 Å². The second-order valence-electron chi connectivity index (χ2n) is 6.82. The van der Waals surface area contributed by atoms with Crippen LogP contribution in [0, 0.1) is 12.7 Å². The van der Waals surface area contributed by atoms with Gasteiger partial charge in [-0.1, -0.05) is 12.1 Å². The van der Waals surface area contributed by atoms with Crippen molar-refractivity contribution in [2.24, 2.45) is 4.99 Å². The lowest BCUT2D eigenvalue weighted by Crippen LogP contribution is -1.98. The number of imidazole rings is 1. The Morgan fingerprint density at radius 1 is 1.12 bits per heavy atom. The second-order valence-corrected chi connectivity index (χ2v) is 6.82. The van der Waals surface area contributed by atoms with Crippen LogP contribution in [0.5, 0.6) is 0 Å². The van der Waals surface area contributed by atoms with Crippen molar-refractivity contribution in [1.29, 1.82) is 0 Å². The van der Waals surface area contributed by atoms with Crippen molar-refractivity contribution in [2.45, 2.75) is 32.9 Å². The maximum Gasteiger partial charge on any atom is 0.123 e. The lowest BCUT2D eigenvalue weighted by Gasteiger charge is -2.11. The van der Waals surface area contributed by atoms with E-state index in [1.807, 2.05) is 19.2 Å². The highest BCUT2D eigenvalue weighted by atomic mass is 19.1. The molecule has 2 aliphatic heterocycles. The standard InChI is InChI=1S/C21H18FN3/c1-13-9-17(22)6-7-18(13)20-21(25-8-2-3-19(25)24-20)14-4-5-15-11-23-12-16(15)10-14/h4-7,9-10,12H,2-3,8,11H2,1H3. The maximum absolute atomic E-state index is 13.6. The Kier molecular flexibility index (Phi) is 3.14. The van der Waals surface area contributed by atoms with Crippen LogP contribution in [-0.2, 0) is 19.5 Å². The third-order valence-electron chi connectivity index (χ3n) is 5.18. The van der Waals surface area contributed by atoms with E-state index >= 15 is 0 Å². The molecule has 3 aromatic rings. The number of aryl methyl sites for hydroxylation is 2. The highest BCUT2D eigenvalue weighted by molar-refractivity contribution is 5.89. The van der Waals surface area contributed by atoms with Gasteiger partial charge in [0.05, 0.1) is 17.9 Å². The van der Waals surface area contributed by atoms with Gasteiger partial charge in [0, 0.05) is 30.3 Å². The van der Waals surface area contributed by atoms with Crippen LogP contribution in [0.15, 0.2) is 41.4 Å².